The first kappa shape index (κ1) is 9.63. The van der Waals surface area contributed by atoms with Crippen LogP contribution in [-0.2, 0) is 11.3 Å². The van der Waals surface area contributed by atoms with Gasteiger partial charge in [-0.1, -0.05) is 5.21 Å². The minimum Gasteiger partial charge on any atom is -0.476 e. The minimum absolute atomic E-state index is 0.0107. The maximum absolute atomic E-state index is 11.3. The van der Waals surface area contributed by atoms with Gasteiger partial charge in [0, 0.05) is 6.04 Å². The maximum Gasteiger partial charge on any atom is 0.358 e. The molecule has 1 heterocycles. The molecule has 1 aromatic heterocycles. The monoisotopic (exact) mass is 210 g/mol. The number of carbonyl (C=O) groups excluding carboxylic acids is 1. The van der Waals surface area contributed by atoms with Gasteiger partial charge in [-0.3, -0.25) is 4.79 Å². The van der Waals surface area contributed by atoms with Crippen LogP contribution in [0.15, 0.2) is 6.20 Å². The summed E-state index contributed by atoms with van der Waals surface area (Å²) in [5.74, 6) is -1.32. The molecule has 0 aliphatic heterocycles. The van der Waals surface area contributed by atoms with Crippen molar-refractivity contribution in [2.75, 3.05) is 0 Å². The normalized spacial score (nSPS) is 14.9. The third-order valence-electron chi connectivity index (χ3n) is 2.01. The van der Waals surface area contributed by atoms with Crippen molar-refractivity contribution in [1.29, 1.82) is 0 Å². The third-order valence-corrected chi connectivity index (χ3v) is 2.01. The molecule has 1 aromatic rings. The molecule has 1 aliphatic rings. The van der Waals surface area contributed by atoms with Crippen LogP contribution in [-0.4, -0.2) is 38.0 Å². The zero-order valence-electron chi connectivity index (χ0n) is 7.88. The Hall–Kier alpha value is -1.92. The summed E-state index contributed by atoms with van der Waals surface area (Å²) in [5, 5.41) is 18.3. The standard InChI is InChI=1S/C8H10N4O3/c13-7(9-5-1-2-5)4-12-3-6(8(14)15)10-11-12/h3,5H,1-2,4H2,(H,9,13)(H,14,15). The Kier molecular flexibility index (Phi) is 2.36. The molecule has 0 radical (unpaired) electrons. The number of carboxylic acid groups (broad SMARTS) is 1. The van der Waals surface area contributed by atoms with E-state index in [0.29, 0.717) is 6.04 Å². The number of amides is 1. The van der Waals surface area contributed by atoms with E-state index in [1.54, 1.807) is 0 Å². The van der Waals surface area contributed by atoms with Crippen molar-refractivity contribution in [3.05, 3.63) is 11.9 Å². The van der Waals surface area contributed by atoms with E-state index in [1.807, 2.05) is 0 Å². The first-order chi connectivity index (χ1) is 7.15. The third kappa shape index (κ3) is 2.52. The molecule has 0 spiro atoms. The first-order valence-electron chi connectivity index (χ1n) is 4.58. The molecule has 1 fully saturated rings. The molecule has 0 atom stereocenters. The first-order valence-corrected chi connectivity index (χ1v) is 4.58. The molecule has 7 nitrogen and oxygen atoms in total. The number of aromatic nitrogens is 3. The lowest BCUT2D eigenvalue weighted by Gasteiger charge is -2.01. The molecule has 1 aliphatic carbocycles. The Morgan fingerprint density at radius 1 is 1.60 bits per heavy atom. The smallest absolute Gasteiger partial charge is 0.358 e. The van der Waals surface area contributed by atoms with E-state index in [2.05, 4.69) is 15.6 Å². The second kappa shape index (κ2) is 3.68. The van der Waals surface area contributed by atoms with Gasteiger partial charge in [0.2, 0.25) is 5.91 Å². The summed E-state index contributed by atoms with van der Waals surface area (Å²) < 4.78 is 1.21. The quantitative estimate of drug-likeness (QED) is 0.681. The second-order valence-electron chi connectivity index (χ2n) is 3.45. The zero-order chi connectivity index (χ0) is 10.8. The average Bonchev–Trinajstić information content (AvgIpc) is 2.82. The van der Waals surface area contributed by atoms with Crippen LogP contribution in [0.3, 0.4) is 0 Å². The molecule has 15 heavy (non-hydrogen) atoms. The van der Waals surface area contributed by atoms with Gasteiger partial charge < -0.3 is 10.4 Å². The summed E-state index contributed by atoms with van der Waals surface area (Å²) in [6.45, 7) is 0.0107. The highest BCUT2D eigenvalue weighted by Gasteiger charge is 2.23. The van der Waals surface area contributed by atoms with Crippen molar-refractivity contribution in [2.24, 2.45) is 0 Å². The van der Waals surface area contributed by atoms with Crippen molar-refractivity contribution >= 4 is 11.9 Å². The summed E-state index contributed by atoms with van der Waals surface area (Å²) in [7, 11) is 0. The Labute approximate surface area is 85.1 Å². The van der Waals surface area contributed by atoms with E-state index < -0.39 is 5.97 Å². The van der Waals surface area contributed by atoms with Crippen LogP contribution in [0.4, 0.5) is 0 Å². The highest BCUT2D eigenvalue weighted by atomic mass is 16.4. The number of rotatable bonds is 4. The second-order valence-corrected chi connectivity index (χ2v) is 3.45. The van der Waals surface area contributed by atoms with Crippen molar-refractivity contribution in [3.8, 4) is 0 Å². The maximum atomic E-state index is 11.3. The fourth-order valence-corrected chi connectivity index (χ4v) is 1.12. The van der Waals surface area contributed by atoms with E-state index in [9.17, 15) is 9.59 Å². The lowest BCUT2D eigenvalue weighted by Crippen LogP contribution is -2.29. The van der Waals surface area contributed by atoms with Crippen molar-refractivity contribution < 1.29 is 14.7 Å². The number of nitrogens with one attached hydrogen (secondary N) is 1. The number of aromatic carboxylic acids is 1. The number of carbonyl (C=O) groups is 2. The largest absolute Gasteiger partial charge is 0.476 e. The summed E-state index contributed by atoms with van der Waals surface area (Å²) >= 11 is 0. The number of nitrogens with zero attached hydrogens (tertiary/aromatic N) is 3. The topological polar surface area (TPSA) is 97.1 Å². The molecule has 0 unspecified atom stereocenters. The van der Waals surface area contributed by atoms with Gasteiger partial charge >= 0.3 is 5.97 Å². The van der Waals surface area contributed by atoms with Crippen LogP contribution in [0.1, 0.15) is 23.3 Å². The lowest BCUT2D eigenvalue weighted by molar-refractivity contribution is -0.122. The molecule has 2 rings (SSSR count). The molecular weight excluding hydrogens is 200 g/mol. The zero-order valence-corrected chi connectivity index (χ0v) is 7.88. The Morgan fingerprint density at radius 3 is 2.87 bits per heavy atom. The van der Waals surface area contributed by atoms with Crippen LogP contribution >= 0.6 is 0 Å². The van der Waals surface area contributed by atoms with Gasteiger partial charge in [0.05, 0.1) is 6.20 Å². The van der Waals surface area contributed by atoms with Crippen molar-refractivity contribution in [1.82, 2.24) is 20.3 Å². The van der Waals surface area contributed by atoms with Gasteiger partial charge in [-0.15, -0.1) is 5.10 Å². The average molecular weight is 210 g/mol. The Bertz CT molecular complexity index is 396. The van der Waals surface area contributed by atoms with Crippen LogP contribution in [0, 0.1) is 0 Å². The molecule has 7 heteroatoms. The predicted octanol–water partition coefficient (Wildman–Crippen LogP) is -0.745. The van der Waals surface area contributed by atoms with Crippen molar-refractivity contribution in [3.63, 3.8) is 0 Å². The van der Waals surface area contributed by atoms with Crippen LogP contribution in [0.25, 0.3) is 0 Å². The molecule has 80 valence electrons. The van der Waals surface area contributed by atoms with Gasteiger partial charge in [-0.05, 0) is 12.8 Å². The van der Waals surface area contributed by atoms with Crippen LogP contribution < -0.4 is 5.32 Å². The van der Waals surface area contributed by atoms with E-state index in [-0.39, 0.29) is 18.1 Å². The fourth-order valence-electron chi connectivity index (χ4n) is 1.12. The van der Waals surface area contributed by atoms with E-state index >= 15 is 0 Å². The highest BCUT2D eigenvalue weighted by Crippen LogP contribution is 2.18. The van der Waals surface area contributed by atoms with Crippen molar-refractivity contribution in [2.45, 2.75) is 25.4 Å². The van der Waals surface area contributed by atoms with Crippen LogP contribution in [0.2, 0.25) is 0 Å². The minimum atomic E-state index is -1.15. The Morgan fingerprint density at radius 2 is 2.33 bits per heavy atom. The van der Waals surface area contributed by atoms with Gasteiger partial charge in [-0.2, -0.15) is 0 Å². The number of hydrogen-bond donors (Lipinski definition) is 2. The molecule has 0 saturated heterocycles. The summed E-state index contributed by atoms with van der Waals surface area (Å²) in [6, 6.07) is 0.292. The van der Waals surface area contributed by atoms with E-state index in [1.165, 1.54) is 10.9 Å². The predicted molar refractivity (Wildman–Crippen MR) is 48.1 cm³/mol. The van der Waals surface area contributed by atoms with Crippen LogP contribution in [0.5, 0.6) is 0 Å². The SMILES string of the molecule is O=C(Cn1cc(C(=O)O)nn1)NC1CC1. The molecular formula is C8H10N4O3. The highest BCUT2D eigenvalue weighted by molar-refractivity contribution is 5.84. The number of hydrogen-bond acceptors (Lipinski definition) is 4. The lowest BCUT2D eigenvalue weighted by atomic mass is 10.5. The molecule has 2 N–H and O–H groups in total. The summed E-state index contributed by atoms with van der Waals surface area (Å²) in [5.41, 5.74) is -0.158. The molecule has 0 aromatic carbocycles. The van der Waals surface area contributed by atoms with Gasteiger partial charge in [-0.25, -0.2) is 9.48 Å². The molecule has 0 bridgehead atoms. The molecule has 1 amide bonds. The number of carboxylic acids is 1. The summed E-state index contributed by atoms with van der Waals surface area (Å²) in [4.78, 5) is 21.8. The van der Waals surface area contributed by atoms with E-state index in [0.717, 1.165) is 12.8 Å². The Balaban J connectivity index is 1.91. The molecule has 1 saturated carbocycles. The van der Waals surface area contributed by atoms with Gasteiger partial charge in [0.15, 0.2) is 5.69 Å². The fraction of sp³-hybridized carbons (Fsp3) is 0.500. The summed E-state index contributed by atoms with van der Waals surface area (Å²) in [6.07, 6.45) is 3.27. The van der Waals surface area contributed by atoms with E-state index in [4.69, 9.17) is 5.11 Å². The van der Waals surface area contributed by atoms with Gasteiger partial charge in [0.1, 0.15) is 6.54 Å². The van der Waals surface area contributed by atoms with Gasteiger partial charge in [0.25, 0.3) is 0 Å².